The lowest BCUT2D eigenvalue weighted by molar-refractivity contribution is -0.139. The standard InChI is InChI=1S/C11H7ClF3NO2/c1-18-9-3-6(5-16)2-7(8(17)4-12)10(9)11(13,14)15/h2-3H,4H2,1H3. The van der Waals surface area contributed by atoms with Gasteiger partial charge in [0.05, 0.1) is 24.6 Å². The third kappa shape index (κ3) is 2.74. The Bertz CT molecular complexity index is 520. The molecular formula is C11H7ClF3NO2. The minimum absolute atomic E-state index is 0.103. The van der Waals surface area contributed by atoms with Crippen LogP contribution in [0.4, 0.5) is 13.2 Å². The SMILES string of the molecule is COc1cc(C#N)cc(C(=O)CCl)c1C(F)(F)F. The first-order chi connectivity index (χ1) is 8.35. The van der Waals surface area contributed by atoms with Crippen LogP contribution in [0.3, 0.4) is 0 Å². The third-order valence-electron chi connectivity index (χ3n) is 2.16. The highest BCUT2D eigenvalue weighted by Crippen LogP contribution is 2.39. The molecule has 0 atom stereocenters. The number of hydrogen-bond donors (Lipinski definition) is 0. The summed E-state index contributed by atoms with van der Waals surface area (Å²) in [6, 6.07) is 3.44. The second kappa shape index (κ2) is 5.27. The highest BCUT2D eigenvalue weighted by molar-refractivity contribution is 6.30. The molecule has 0 N–H and O–H groups in total. The maximum Gasteiger partial charge on any atom is 0.420 e. The lowest BCUT2D eigenvalue weighted by Crippen LogP contribution is -2.16. The Morgan fingerprint density at radius 2 is 2.11 bits per heavy atom. The van der Waals surface area contributed by atoms with Gasteiger partial charge in [-0.25, -0.2) is 0 Å². The van der Waals surface area contributed by atoms with E-state index in [0.29, 0.717) is 0 Å². The molecule has 3 nitrogen and oxygen atoms in total. The Hall–Kier alpha value is -1.74. The molecule has 0 aromatic heterocycles. The first kappa shape index (κ1) is 14.3. The summed E-state index contributed by atoms with van der Waals surface area (Å²) in [5, 5.41) is 8.70. The Morgan fingerprint density at radius 1 is 1.50 bits per heavy atom. The van der Waals surface area contributed by atoms with E-state index in [1.807, 2.05) is 0 Å². The van der Waals surface area contributed by atoms with Crippen molar-refractivity contribution >= 4 is 17.4 Å². The van der Waals surface area contributed by atoms with Crippen LogP contribution in [0.15, 0.2) is 12.1 Å². The molecule has 0 unspecified atom stereocenters. The highest BCUT2D eigenvalue weighted by atomic mass is 35.5. The minimum atomic E-state index is -4.77. The zero-order chi connectivity index (χ0) is 13.9. The summed E-state index contributed by atoms with van der Waals surface area (Å²) in [6.07, 6.45) is -4.77. The number of nitriles is 1. The van der Waals surface area contributed by atoms with Gasteiger partial charge in [-0.3, -0.25) is 4.79 Å². The normalized spacial score (nSPS) is 10.9. The zero-order valence-corrected chi connectivity index (χ0v) is 9.89. The van der Waals surface area contributed by atoms with Gasteiger partial charge in [-0.1, -0.05) is 0 Å². The topological polar surface area (TPSA) is 50.1 Å². The van der Waals surface area contributed by atoms with Gasteiger partial charge in [0.1, 0.15) is 11.3 Å². The molecular weight excluding hydrogens is 271 g/mol. The summed E-state index contributed by atoms with van der Waals surface area (Å²) >= 11 is 5.26. The molecule has 0 bridgehead atoms. The van der Waals surface area contributed by atoms with E-state index in [1.54, 1.807) is 6.07 Å². The molecule has 0 fully saturated rings. The Morgan fingerprint density at radius 3 is 2.50 bits per heavy atom. The summed E-state index contributed by atoms with van der Waals surface area (Å²) in [7, 11) is 1.03. The van der Waals surface area contributed by atoms with Crippen molar-refractivity contribution in [3.8, 4) is 11.8 Å². The fraction of sp³-hybridized carbons (Fsp3) is 0.273. The van der Waals surface area contributed by atoms with Gasteiger partial charge < -0.3 is 4.74 Å². The van der Waals surface area contributed by atoms with Crippen LogP contribution >= 0.6 is 11.6 Å². The largest absolute Gasteiger partial charge is 0.496 e. The molecule has 0 radical (unpaired) electrons. The molecule has 0 aliphatic rings. The number of carbonyl (C=O) groups is 1. The minimum Gasteiger partial charge on any atom is -0.496 e. The van der Waals surface area contributed by atoms with Gasteiger partial charge in [-0.2, -0.15) is 18.4 Å². The van der Waals surface area contributed by atoms with Crippen molar-refractivity contribution in [1.82, 2.24) is 0 Å². The van der Waals surface area contributed by atoms with Gasteiger partial charge in [-0.15, -0.1) is 11.6 Å². The van der Waals surface area contributed by atoms with E-state index >= 15 is 0 Å². The fourth-order valence-corrected chi connectivity index (χ4v) is 1.57. The van der Waals surface area contributed by atoms with Crippen molar-refractivity contribution in [1.29, 1.82) is 5.26 Å². The first-order valence-electron chi connectivity index (χ1n) is 4.63. The number of ketones is 1. The van der Waals surface area contributed by atoms with Crippen LogP contribution in [-0.4, -0.2) is 18.8 Å². The molecule has 18 heavy (non-hydrogen) atoms. The van der Waals surface area contributed by atoms with Crippen LogP contribution in [-0.2, 0) is 6.18 Å². The number of ether oxygens (including phenoxy) is 1. The van der Waals surface area contributed by atoms with Gasteiger partial charge >= 0.3 is 6.18 Å². The third-order valence-corrected chi connectivity index (χ3v) is 2.40. The predicted molar refractivity (Wildman–Crippen MR) is 57.8 cm³/mol. The molecule has 1 aromatic carbocycles. The van der Waals surface area contributed by atoms with E-state index in [4.69, 9.17) is 16.9 Å². The summed E-state index contributed by atoms with van der Waals surface area (Å²) in [4.78, 5) is 11.4. The predicted octanol–water partition coefficient (Wildman–Crippen LogP) is 3.01. The zero-order valence-electron chi connectivity index (χ0n) is 9.14. The van der Waals surface area contributed by atoms with Crippen molar-refractivity contribution in [2.75, 3.05) is 13.0 Å². The van der Waals surface area contributed by atoms with Crippen LogP contribution in [0, 0.1) is 11.3 Å². The van der Waals surface area contributed by atoms with Gasteiger partial charge in [0.25, 0.3) is 0 Å². The number of alkyl halides is 4. The molecule has 0 aliphatic carbocycles. The van der Waals surface area contributed by atoms with Crippen molar-refractivity contribution in [3.05, 3.63) is 28.8 Å². The fourth-order valence-electron chi connectivity index (χ4n) is 1.43. The summed E-state index contributed by atoms with van der Waals surface area (Å²) < 4.78 is 43.2. The summed E-state index contributed by atoms with van der Waals surface area (Å²) in [6.45, 7) is 0. The molecule has 0 spiro atoms. The number of benzene rings is 1. The van der Waals surface area contributed by atoms with E-state index in [0.717, 1.165) is 19.2 Å². The summed E-state index contributed by atoms with van der Waals surface area (Å²) in [5.41, 5.74) is -1.98. The van der Waals surface area contributed by atoms with Crippen LogP contribution < -0.4 is 4.74 Å². The number of rotatable bonds is 3. The monoisotopic (exact) mass is 277 g/mol. The molecule has 0 aliphatic heterocycles. The molecule has 0 saturated heterocycles. The van der Waals surface area contributed by atoms with E-state index in [1.165, 1.54) is 0 Å². The second-order valence-corrected chi connectivity index (χ2v) is 3.53. The molecule has 1 aromatic rings. The smallest absolute Gasteiger partial charge is 0.420 e. The quantitative estimate of drug-likeness (QED) is 0.630. The van der Waals surface area contributed by atoms with E-state index in [2.05, 4.69) is 4.74 Å². The number of methoxy groups -OCH3 is 1. The van der Waals surface area contributed by atoms with Crippen LogP contribution in [0.1, 0.15) is 21.5 Å². The Kier molecular flexibility index (Phi) is 4.19. The number of hydrogen-bond acceptors (Lipinski definition) is 3. The number of halogens is 4. The molecule has 0 heterocycles. The average Bonchev–Trinajstić information content (AvgIpc) is 2.34. The van der Waals surface area contributed by atoms with Gasteiger partial charge in [-0.05, 0) is 12.1 Å². The van der Waals surface area contributed by atoms with Crippen LogP contribution in [0.5, 0.6) is 5.75 Å². The van der Waals surface area contributed by atoms with Crippen LogP contribution in [0.2, 0.25) is 0 Å². The Balaban J connectivity index is 3.64. The number of nitrogens with zero attached hydrogens (tertiary/aromatic N) is 1. The molecule has 0 amide bonds. The van der Waals surface area contributed by atoms with Crippen molar-refractivity contribution in [2.45, 2.75) is 6.18 Å². The number of Topliss-reactive ketones (excluding diaryl/α,β-unsaturated/α-hetero) is 1. The van der Waals surface area contributed by atoms with Gasteiger partial charge in [0.2, 0.25) is 0 Å². The van der Waals surface area contributed by atoms with Crippen molar-refractivity contribution in [3.63, 3.8) is 0 Å². The van der Waals surface area contributed by atoms with Gasteiger partial charge in [0.15, 0.2) is 5.78 Å². The van der Waals surface area contributed by atoms with Crippen molar-refractivity contribution < 1.29 is 22.7 Å². The lowest BCUT2D eigenvalue weighted by atomic mass is 9.99. The first-order valence-corrected chi connectivity index (χ1v) is 5.17. The average molecular weight is 278 g/mol. The highest BCUT2D eigenvalue weighted by Gasteiger charge is 2.39. The Labute approximate surface area is 106 Å². The number of carbonyl (C=O) groups excluding carboxylic acids is 1. The van der Waals surface area contributed by atoms with E-state index in [-0.39, 0.29) is 5.56 Å². The molecule has 96 valence electrons. The van der Waals surface area contributed by atoms with E-state index in [9.17, 15) is 18.0 Å². The van der Waals surface area contributed by atoms with Crippen LogP contribution in [0.25, 0.3) is 0 Å². The molecule has 1 rings (SSSR count). The second-order valence-electron chi connectivity index (χ2n) is 3.27. The molecule has 7 heteroatoms. The van der Waals surface area contributed by atoms with Crippen molar-refractivity contribution in [2.24, 2.45) is 0 Å². The van der Waals surface area contributed by atoms with Gasteiger partial charge in [0, 0.05) is 5.56 Å². The maximum absolute atomic E-state index is 12.9. The lowest BCUT2D eigenvalue weighted by Gasteiger charge is -2.15. The summed E-state index contributed by atoms with van der Waals surface area (Å²) in [5.74, 6) is -2.10. The van der Waals surface area contributed by atoms with E-state index < -0.39 is 34.7 Å². The maximum atomic E-state index is 12.9. The molecule has 0 saturated carbocycles.